The second-order valence-corrected chi connectivity index (χ2v) is 7.97. The highest BCUT2D eigenvalue weighted by Crippen LogP contribution is 2.33. The molecule has 190 valence electrons. The fraction of sp³-hybridized carbons (Fsp3) is 0.524. The number of methoxy groups -OCH3 is 1. The molecule has 0 heterocycles. The zero-order valence-corrected chi connectivity index (χ0v) is 20.9. The van der Waals surface area contributed by atoms with Gasteiger partial charge in [0.05, 0.1) is 13.7 Å². The molecule has 2 atom stereocenters. The minimum Gasteiger partial charge on any atom is -0.493 e. The van der Waals surface area contributed by atoms with E-state index in [1.165, 1.54) is 26.1 Å². The van der Waals surface area contributed by atoms with Crippen LogP contribution in [0.5, 0.6) is 11.5 Å². The third-order valence-corrected chi connectivity index (χ3v) is 5.18. The molecule has 1 rings (SSSR count). The maximum atomic E-state index is 12.6. The van der Waals surface area contributed by atoms with Gasteiger partial charge in [-0.25, -0.2) is 4.79 Å². The van der Waals surface area contributed by atoms with E-state index in [2.05, 4.69) is 19.8 Å². The zero-order chi connectivity index (χ0) is 25.8. The van der Waals surface area contributed by atoms with E-state index in [0.29, 0.717) is 12.1 Å². The molecular weight excluding hydrogens is 467 g/mol. The molecule has 0 aliphatic rings. The number of aliphatic hydroxyl groups excluding tert-OH is 1. The fourth-order valence-corrected chi connectivity index (χ4v) is 3.09. The van der Waals surface area contributed by atoms with E-state index in [-0.39, 0.29) is 37.7 Å². The van der Waals surface area contributed by atoms with Gasteiger partial charge in [0.25, 0.3) is 0 Å². The molecule has 1 aromatic rings. The van der Waals surface area contributed by atoms with Crippen molar-refractivity contribution in [1.29, 1.82) is 0 Å². The van der Waals surface area contributed by atoms with Gasteiger partial charge in [-0.05, 0) is 24.6 Å². The molecule has 0 saturated heterocycles. The lowest BCUT2D eigenvalue weighted by Crippen LogP contribution is -2.44. The first-order chi connectivity index (χ1) is 16.0. The number of hydrogen-bond donors (Lipinski definition) is 4. The van der Waals surface area contributed by atoms with E-state index in [1.807, 2.05) is 6.92 Å². The van der Waals surface area contributed by atoms with Crippen molar-refractivity contribution in [2.24, 2.45) is 5.92 Å². The summed E-state index contributed by atoms with van der Waals surface area (Å²) in [7, 11) is 6.52. The van der Waals surface area contributed by atoms with Crippen LogP contribution in [0.4, 0.5) is 4.79 Å². The number of nitrogens with one attached hydrogen (secondary N) is 2. The number of rotatable bonds is 13. The number of aryl methyl sites for hydroxylation is 1. The van der Waals surface area contributed by atoms with Crippen molar-refractivity contribution in [3.63, 3.8) is 0 Å². The summed E-state index contributed by atoms with van der Waals surface area (Å²) in [5.74, 6) is -3.89. The van der Waals surface area contributed by atoms with Gasteiger partial charge in [0.15, 0.2) is 11.5 Å². The largest absolute Gasteiger partial charge is 0.493 e. The first kappa shape index (κ1) is 29.1. The number of carbonyl (C=O) groups excluding carboxylic acids is 3. The zero-order valence-electron chi connectivity index (χ0n) is 19.8. The quantitative estimate of drug-likeness (QED) is 0.166. The van der Waals surface area contributed by atoms with E-state index in [1.54, 1.807) is 12.1 Å². The number of aliphatic carboxylic acids is 1. The maximum Gasteiger partial charge on any atom is 0.415 e. The Morgan fingerprint density at radius 3 is 2.32 bits per heavy atom. The topological polar surface area (TPSA) is 158 Å². The van der Waals surface area contributed by atoms with Crippen LogP contribution in [0.15, 0.2) is 12.1 Å². The number of carboxylic acids is 1. The van der Waals surface area contributed by atoms with Crippen LogP contribution in [0.3, 0.4) is 0 Å². The Bertz CT molecular complexity index is 857. The van der Waals surface area contributed by atoms with Gasteiger partial charge in [-0.15, -0.1) is 0 Å². The number of aliphatic hydroxyl groups is 1. The van der Waals surface area contributed by atoms with Crippen LogP contribution in [-0.4, -0.2) is 91.3 Å². The second-order valence-electron chi connectivity index (χ2n) is 7.56. The van der Waals surface area contributed by atoms with Crippen molar-refractivity contribution in [3.8, 4) is 11.5 Å². The number of nitrogens with zero attached hydrogens (tertiary/aromatic N) is 2. The average Bonchev–Trinajstić information content (AvgIpc) is 2.80. The SMILES string of the molecule is COc1cc(C)cc(CO)c1OC(=O)N(C)CCN(C)C(=O)C(CC(=O)NCCNP)C(=O)O. The van der Waals surface area contributed by atoms with Crippen molar-refractivity contribution in [3.05, 3.63) is 23.3 Å². The number of benzene rings is 1. The van der Waals surface area contributed by atoms with E-state index in [0.717, 1.165) is 10.5 Å². The lowest BCUT2D eigenvalue weighted by Gasteiger charge is -2.24. The Morgan fingerprint density at radius 2 is 1.76 bits per heavy atom. The Hall–Kier alpha value is -2.95. The molecule has 0 spiro atoms. The minimum absolute atomic E-state index is 0.00466. The van der Waals surface area contributed by atoms with Crippen LogP contribution >= 0.6 is 9.39 Å². The molecule has 12 nitrogen and oxygen atoms in total. The fourth-order valence-electron chi connectivity index (χ4n) is 2.94. The summed E-state index contributed by atoms with van der Waals surface area (Å²) in [5.41, 5.74) is 1.19. The highest BCUT2D eigenvalue weighted by atomic mass is 31.0. The van der Waals surface area contributed by atoms with Crippen molar-refractivity contribution < 1.29 is 38.9 Å². The molecule has 0 bridgehead atoms. The smallest absolute Gasteiger partial charge is 0.415 e. The summed E-state index contributed by atoms with van der Waals surface area (Å²) in [6.07, 6.45) is -1.25. The molecule has 0 aliphatic carbocycles. The first-order valence-electron chi connectivity index (χ1n) is 10.4. The van der Waals surface area contributed by atoms with Gasteiger partial charge in [0.1, 0.15) is 5.92 Å². The van der Waals surface area contributed by atoms with Gasteiger partial charge in [0.2, 0.25) is 11.8 Å². The van der Waals surface area contributed by atoms with Crippen molar-refractivity contribution >= 4 is 33.3 Å². The summed E-state index contributed by atoms with van der Waals surface area (Å²) in [5, 5.41) is 24.3. The van der Waals surface area contributed by atoms with Gasteiger partial charge in [-0.2, -0.15) is 0 Å². The Labute approximate surface area is 200 Å². The third-order valence-electron chi connectivity index (χ3n) is 4.89. The van der Waals surface area contributed by atoms with Gasteiger partial charge < -0.3 is 34.8 Å². The van der Waals surface area contributed by atoms with Gasteiger partial charge in [-0.1, -0.05) is 9.39 Å². The van der Waals surface area contributed by atoms with Crippen LogP contribution in [0, 0.1) is 12.8 Å². The first-order valence-corrected chi connectivity index (χ1v) is 11.0. The molecule has 0 saturated carbocycles. The molecule has 3 amide bonds. The van der Waals surface area contributed by atoms with E-state index < -0.39 is 36.2 Å². The summed E-state index contributed by atoms with van der Waals surface area (Å²) in [6.45, 7) is 2.24. The Morgan fingerprint density at radius 1 is 1.12 bits per heavy atom. The van der Waals surface area contributed by atoms with Crippen molar-refractivity contribution in [2.75, 3.05) is 47.4 Å². The molecule has 1 aromatic carbocycles. The Balaban J connectivity index is 2.73. The van der Waals surface area contributed by atoms with Crippen molar-refractivity contribution in [2.45, 2.75) is 20.0 Å². The van der Waals surface area contributed by atoms with Crippen LogP contribution < -0.4 is 19.9 Å². The number of amides is 3. The van der Waals surface area contributed by atoms with Crippen molar-refractivity contribution in [1.82, 2.24) is 20.2 Å². The predicted molar refractivity (Wildman–Crippen MR) is 126 cm³/mol. The molecule has 13 heteroatoms. The van der Waals surface area contributed by atoms with Gasteiger partial charge >= 0.3 is 12.1 Å². The third kappa shape index (κ3) is 8.77. The number of ether oxygens (including phenoxy) is 2. The summed E-state index contributed by atoms with van der Waals surface area (Å²) < 4.78 is 10.6. The molecule has 0 aliphatic heterocycles. The van der Waals surface area contributed by atoms with E-state index in [4.69, 9.17) is 9.47 Å². The summed E-state index contributed by atoms with van der Waals surface area (Å²) in [6, 6.07) is 3.33. The predicted octanol–water partition coefficient (Wildman–Crippen LogP) is -0.0283. The lowest BCUT2D eigenvalue weighted by molar-refractivity contribution is -0.152. The summed E-state index contributed by atoms with van der Waals surface area (Å²) >= 11 is 0. The van der Waals surface area contributed by atoms with Gasteiger partial charge in [0, 0.05) is 52.3 Å². The minimum atomic E-state index is -1.55. The van der Waals surface area contributed by atoms with E-state index in [9.17, 15) is 29.4 Å². The van der Waals surface area contributed by atoms with Crippen LogP contribution in [0.2, 0.25) is 0 Å². The second kappa shape index (κ2) is 14.3. The number of hydrogen-bond acceptors (Lipinski definition) is 8. The molecule has 34 heavy (non-hydrogen) atoms. The summed E-state index contributed by atoms with van der Waals surface area (Å²) in [4.78, 5) is 51.0. The average molecular weight is 500 g/mol. The van der Waals surface area contributed by atoms with E-state index >= 15 is 0 Å². The number of likely N-dealkylation sites (N-methyl/N-ethyl adjacent to an activating group) is 2. The highest BCUT2D eigenvalue weighted by molar-refractivity contribution is 7.13. The highest BCUT2D eigenvalue weighted by Gasteiger charge is 2.31. The molecule has 4 N–H and O–H groups in total. The molecule has 0 aromatic heterocycles. The van der Waals surface area contributed by atoms with Gasteiger partial charge in [-0.3, -0.25) is 19.5 Å². The van der Waals surface area contributed by atoms with Crippen LogP contribution in [0.1, 0.15) is 17.5 Å². The monoisotopic (exact) mass is 500 g/mol. The van der Waals surface area contributed by atoms with Crippen LogP contribution in [-0.2, 0) is 21.0 Å². The molecule has 0 radical (unpaired) electrons. The number of carbonyl (C=O) groups is 4. The Kier molecular flexibility index (Phi) is 12.3. The number of carboxylic acid groups (broad SMARTS) is 1. The molecule has 2 unspecified atom stereocenters. The normalized spacial score (nSPS) is 11.4. The lowest BCUT2D eigenvalue weighted by atomic mass is 10.0. The molecular formula is C21H33N4O8P. The van der Waals surface area contributed by atoms with Crippen LogP contribution in [0.25, 0.3) is 0 Å². The standard InChI is InChI=1S/C21H33N4O8P/c1-13-9-14(12-26)18(16(10-13)32-4)33-21(31)25(3)8-7-24(2)19(28)15(20(29)30)11-17(27)22-5-6-23-34/h9-10,15,23,26H,5-8,11-12,34H2,1-4H3,(H,22,27)(H,29,30). The maximum absolute atomic E-state index is 12.6. The molecule has 0 fully saturated rings.